The van der Waals surface area contributed by atoms with Crippen molar-refractivity contribution in [2.24, 2.45) is 0 Å². The van der Waals surface area contributed by atoms with Gasteiger partial charge in [-0.2, -0.15) is 0 Å². The van der Waals surface area contributed by atoms with Crippen LogP contribution >= 0.6 is 0 Å². The number of carbonyl (C=O) groups excluding carboxylic acids is 1. The first kappa shape index (κ1) is 15.2. The number of aromatic nitrogens is 4. The second kappa shape index (κ2) is 6.62. The Labute approximate surface area is 140 Å². The summed E-state index contributed by atoms with van der Waals surface area (Å²) in [6, 6.07) is 1.69. The Hall–Kier alpha value is -2.38. The van der Waals surface area contributed by atoms with Gasteiger partial charge < -0.3 is 19.3 Å². The topological polar surface area (TPSA) is 89.1 Å². The molecule has 0 aliphatic carbocycles. The van der Waals surface area contributed by atoms with Gasteiger partial charge in [0.15, 0.2) is 5.82 Å². The summed E-state index contributed by atoms with van der Waals surface area (Å²) in [5.41, 5.74) is 0.719. The zero-order valence-electron chi connectivity index (χ0n) is 13.6. The first-order valence-corrected chi connectivity index (χ1v) is 8.68. The number of amides is 2. The maximum Gasteiger partial charge on any atom is 0.318 e. The Morgan fingerprint density at radius 3 is 3.04 bits per heavy atom. The number of carbonyl (C=O) groups is 1. The van der Waals surface area contributed by atoms with Crippen LogP contribution in [0.1, 0.15) is 55.5 Å². The van der Waals surface area contributed by atoms with E-state index >= 15 is 0 Å². The monoisotopic (exact) mass is 330 g/mol. The molecule has 128 valence electrons. The quantitative estimate of drug-likeness (QED) is 0.930. The molecule has 2 aromatic rings. The van der Waals surface area contributed by atoms with Gasteiger partial charge in [-0.25, -0.2) is 4.79 Å². The second-order valence-corrected chi connectivity index (χ2v) is 6.44. The fourth-order valence-electron chi connectivity index (χ4n) is 3.62. The largest absolute Gasteiger partial charge is 0.364 e. The van der Waals surface area contributed by atoms with Crippen LogP contribution in [0.3, 0.4) is 0 Å². The molecule has 8 nitrogen and oxygen atoms in total. The molecule has 1 saturated heterocycles. The third-order valence-corrected chi connectivity index (χ3v) is 4.86. The number of urea groups is 1. The van der Waals surface area contributed by atoms with Crippen LogP contribution < -0.4 is 5.32 Å². The van der Waals surface area contributed by atoms with E-state index in [1.54, 1.807) is 6.07 Å². The molecule has 0 spiro atoms. The maximum absolute atomic E-state index is 12.7. The van der Waals surface area contributed by atoms with E-state index < -0.39 is 0 Å². The second-order valence-electron chi connectivity index (χ2n) is 6.44. The van der Waals surface area contributed by atoms with Crippen molar-refractivity contribution in [1.29, 1.82) is 0 Å². The van der Waals surface area contributed by atoms with Gasteiger partial charge in [-0.05, 0) is 32.1 Å². The fourth-order valence-corrected chi connectivity index (χ4v) is 3.62. The van der Waals surface area contributed by atoms with Crippen LogP contribution in [-0.2, 0) is 19.5 Å². The van der Waals surface area contributed by atoms with E-state index in [-0.39, 0.29) is 12.1 Å². The van der Waals surface area contributed by atoms with Gasteiger partial charge in [0.1, 0.15) is 17.8 Å². The molecule has 4 rings (SSSR count). The third kappa shape index (κ3) is 2.88. The van der Waals surface area contributed by atoms with Crippen LogP contribution in [0, 0.1) is 0 Å². The Morgan fingerprint density at radius 1 is 1.25 bits per heavy atom. The lowest BCUT2D eigenvalue weighted by molar-refractivity contribution is 0.144. The number of aryl methyl sites for hydroxylation is 1. The number of fused-ring (bicyclic) bond motifs is 1. The molecule has 0 saturated carbocycles. The number of hydrogen-bond acceptors (Lipinski definition) is 5. The number of nitrogens with one attached hydrogen (secondary N) is 1. The van der Waals surface area contributed by atoms with Gasteiger partial charge in [0.25, 0.3) is 0 Å². The summed E-state index contributed by atoms with van der Waals surface area (Å²) in [5, 5.41) is 15.5. The number of nitrogens with zero attached hydrogens (tertiary/aromatic N) is 5. The first-order chi connectivity index (χ1) is 11.8. The van der Waals surface area contributed by atoms with E-state index in [0.29, 0.717) is 6.54 Å². The predicted molar refractivity (Wildman–Crippen MR) is 85.0 cm³/mol. The fraction of sp³-hybridized carbons (Fsp3) is 0.625. The Kier molecular flexibility index (Phi) is 4.18. The molecule has 1 atom stereocenters. The molecule has 2 amide bonds. The highest BCUT2D eigenvalue weighted by molar-refractivity contribution is 5.74. The highest BCUT2D eigenvalue weighted by atomic mass is 16.5. The molecular weight excluding hydrogens is 308 g/mol. The normalized spacial score (nSPS) is 20.7. The highest BCUT2D eigenvalue weighted by Crippen LogP contribution is 2.31. The van der Waals surface area contributed by atoms with E-state index in [1.165, 1.54) is 12.7 Å². The van der Waals surface area contributed by atoms with Gasteiger partial charge in [-0.3, -0.25) is 0 Å². The van der Waals surface area contributed by atoms with Gasteiger partial charge in [0.05, 0.1) is 12.6 Å². The minimum Gasteiger partial charge on any atom is -0.364 e. The number of hydrogen-bond donors (Lipinski definition) is 1. The molecule has 0 unspecified atom stereocenters. The van der Waals surface area contributed by atoms with Crippen molar-refractivity contribution in [2.45, 2.75) is 57.7 Å². The first-order valence-electron chi connectivity index (χ1n) is 8.68. The highest BCUT2D eigenvalue weighted by Gasteiger charge is 2.32. The summed E-state index contributed by atoms with van der Waals surface area (Å²) in [4.78, 5) is 14.6. The summed E-state index contributed by atoms with van der Waals surface area (Å²) in [7, 11) is 0. The van der Waals surface area contributed by atoms with Gasteiger partial charge in [-0.15, -0.1) is 10.2 Å². The minimum absolute atomic E-state index is 0.00964. The Bertz CT molecular complexity index is 695. The molecule has 2 aliphatic rings. The Balaban J connectivity index is 1.50. The standard InChI is InChI=1S/C16H22N6O2/c23-16(17-11-12-7-10-24-20-12)21-8-3-1-5-13(21)15-19-18-14-6-2-4-9-22(14)15/h7,10,13H,1-6,8-9,11H2,(H,17,23)/t13-/m0/s1. The predicted octanol–water partition coefficient (Wildman–Crippen LogP) is 2.04. The van der Waals surface area contributed by atoms with Crippen LogP contribution in [0.25, 0.3) is 0 Å². The van der Waals surface area contributed by atoms with Crippen LogP contribution in [0.2, 0.25) is 0 Å². The van der Waals surface area contributed by atoms with Crippen LogP contribution in [0.5, 0.6) is 0 Å². The average Bonchev–Trinajstić information content (AvgIpc) is 3.29. The average molecular weight is 330 g/mol. The van der Waals surface area contributed by atoms with E-state index in [1.807, 2.05) is 4.90 Å². The molecule has 4 heterocycles. The lowest BCUT2D eigenvalue weighted by atomic mass is 10.0. The molecule has 2 aliphatic heterocycles. The molecular formula is C16H22N6O2. The van der Waals surface area contributed by atoms with Gasteiger partial charge in [-0.1, -0.05) is 5.16 Å². The van der Waals surface area contributed by atoms with E-state index in [0.717, 1.165) is 62.5 Å². The molecule has 2 aromatic heterocycles. The molecule has 0 radical (unpaired) electrons. The van der Waals surface area contributed by atoms with Crippen LogP contribution in [0.4, 0.5) is 4.79 Å². The molecule has 24 heavy (non-hydrogen) atoms. The van der Waals surface area contributed by atoms with E-state index in [9.17, 15) is 4.79 Å². The third-order valence-electron chi connectivity index (χ3n) is 4.86. The van der Waals surface area contributed by atoms with Gasteiger partial charge in [0.2, 0.25) is 0 Å². The summed E-state index contributed by atoms with van der Waals surface area (Å²) in [6.07, 6.45) is 7.89. The summed E-state index contributed by atoms with van der Waals surface area (Å²) >= 11 is 0. The minimum atomic E-state index is -0.0733. The van der Waals surface area contributed by atoms with E-state index in [4.69, 9.17) is 4.52 Å². The lowest BCUT2D eigenvalue weighted by Gasteiger charge is -2.35. The van der Waals surface area contributed by atoms with Crippen LogP contribution in [-0.4, -0.2) is 37.4 Å². The zero-order valence-corrected chi connectivity index (χ0v) is 13.6. The SMILES string of the molecule is O=C(NCc1ccon1)N1CCCC[C@H]1c1nnc2n1CCCC2. The summed E-state index contributed by atoms with van der Waals surface area (Å²) in [5.74, 6) is 2.01. The van der Waals surface area contributed by atoms with E-state index in [2.05, 4.69) is 25.2 Å². The van der Waals surface area contributed by atoms with Gasteiger partial charge >= 0.3 is 6.03 Å². The summed E-state index contributed by atoms with van der Waals surface area (Å²) in [6.45, 7) is 2.08. The lowest BCUT2D eigenvalue weighted by Crippen LogP contribution is -2.45. The van der Waals surface area contributed by atoms with Crippen molar-refractivity contribution in [3.05, 3.63) is 29.7 Å². The van der Waals surface area contributed by atoms with Crippen molar-refractivity contribution in [3.63, 3.8) is 0 Å². The van der Waals surface area contributed by atoms with Gasteiger partial charge in [0, 0.05) is 25.6 Å². The molecule has 0 aromatic carbocycles. The molecule has 1 fully saturated rings. The van der Waals surface area contributed by atoms with Crippen molar-refractivity contribution in [3.8, 4) is 0 Å². The molecule has 8 heteroatoms. The Morgan fingerprint density at radius 2 is 2.17 bits per heavy atom. The molecule has 0 bridgehead atoms. The smallest absolute Gasteiger partial charge is 0.318 e. The maximum atomic E-state index is 12.7. The molecule has 1 N–H and O–H groups in total. The van der Waals surface area contributed by atoms with Crippen molar-refractivity contribution in [1.82, 2.24) is 30.1 Å². The van der Waals surface area contributed by atoms with Crippen molar-refractivity contribution >= 4 is 6.03 Å². The number of likely N-dealkylation sites (tertiary alicyclic amines) is 1. The van der Waals surface area contributed by atoms with Crippen molar-refractivity contribution in [2.75, 3.05) is 6.54 Å². The summed E-state index contributed by atoms with van der Waals surface area (Å²) < 4.78 is 7.02. The van der Waals surface area contributed by atoms with Crippen LogP contribution in [0.15, 0.2) is 16.9 Å². The number of piperidine rings is 1. The zero-order chi connectivity index (χ0) is 16.4. The van der Waals surface area contributed by atoms with Crippen molar-refractivity contribution < 1.29 is 9.32 Å². The number of rotatable bonds is 3.